The van der Waals surface area contributed by atoms with E-state index in [0.29, 0.717) is 22.6 Å². The third-order valence-electron chi connectivity index (χ3n) is 3.88. The van der Waals surface area contributed by atoms with Crippen LogP contribution in [0.3, 0.4) is 0 Å². The molecular formula is C17H16O6. The molecule has 1 atom stereocenters. The first-order valence-corrected chi connectivity index (χ1v) is 7.00. The molecule has 2 aromatic carbocycles. The highest BCUT2D eigenvalue weighted by Gasteiger charge is 2.33. The summed E-state index contributed by atoms with van der Waals surface area (Å²) in [4.78, 5) is 12.7. The summed E-state index contributed by atoms with van der Waals surface area (Å²) in [6, 6.07) is 7.59. The molecule has 0 saturated carbocycles. The van der Waals surface area contributed by atoms with Crippen molar-refractivity contribution in [1.29, 1.82) is 0 Å². The average Bonchev–Trinajstić information content (AvgIpc) is 2.55. The summed E-state index contributed by atoms with van der Waals surface area (Å²) in [7, 11) is 2.88. The van der Waals surface area contributed by atoms with Gasteiger partial charge in [0.05, 0.1) is 25.7 Å². The normalized spacial score (nSPS) is 16.4. The van der Waals surface area contributed by atoms with Crippen molar-refractivity contribution in [3.8, 4) is 28.7 Å². The Balaban J connectivity index is 2.04. The second-order valence-corrected chi connectivity index (χ2v) is 5.15. The summed E-state index contributed by atoms with van der Waals surface area (Å²) < 4.78 is 15.8. The molecule has 0 unspecified atom stereocenters. The van der Waals surface area contributed by atoms with Crippen LogP contribution in [0.15, 0.2) is 30.3 Å². The van der Waals surface area contributed by atoms with Crippen molar-refractivity contribution in [3.05, 3.63) is 41.5 Å². The van der Waals surface area contributed by atoms with Gasteiger partial charge in [0.1, 0.15) is 18.1 Å². The van der Waals surface area contributed by atoms with E-state index in [1.165, 1.54) is 32.4 Å². The minimum absolute atomic E-state index is 0.0314. The van der Waals surface area contributed by atoms with E-state index in [0.717, 1.165) is 0 Å². The zero-order chi connectivity index (χ0) is 16.6. The maximum absolute atomic E-state index is 12.7. The van der Waals surface area contributed by atoms with Gasteiger partial charge in [-0.15, -0.1) is 0 Å². The average molecular weight is 316 g/mol. The van der Waals surface area contributed by atoms with Gasteiger partial charge < -0.3 is 24.4 Å². The molecule has 0 fully saturated rings. The number of hydrogen-bond donors (Lipinski definition) is 2. The highest BCUT2D eigenvalue weighted by atomic mass is 16.5. The van der Waals surface area contributed by atoms with Gasteiger partial charge in [-0.1, -0.05) is 6.07 Å². The zero-order valence-corrected chi connectivity index (χ0v) is 12.7. The number of rotatable bonds is 3. The van der Waals surface area contributed by atoms with E-state index in [9.17, 15) is 15.0 Å². The summed E-state index contributed by atoms with van der Waals surface area (Å²) >= 11 is 0. The molecule has 6 heteroatoms. The fourth-order valence-corrected chi connectivity index (χ4v) is 2.71. The van der Waals surface area contributed by atoms with E-state index in [1.807, 2.05) is 0 Å². The Kier molecular flexibility index (Phi) is 3.73. The van der Waals surface area contributed by atoms with Gasteiger partial charge in [0.15, 0.2) is 17.3 Å². The molecule has 0 spiro atoms. The molecule has 6 nitrogen and oxygen atoms in total. The predicted molar refractivity (Wildman–Crippen MR) is 81.9 cm³/mol. The van der Waals surface area contributed by atoms with Gasteiger partial charge in [-0.2, -0.15) is 0 Å². The third-order valence-corrected chi connectivity index (χ3v) is 3.88. The van der Waals surface area contributed by atoms with Crippen LogP contribution in [0.5, 0.6) is 28.7 Å². The molecule has 2 N–H and O–H groups in total. The number of ketones is 1. The summed E-state index contributed by atoms with van der Waals surface area (Å²) in [5, 5.41) is 19.9. The van der Waals surface area contributed by atoms with Gasteiger partial charge in [0.2, 0.25) is 5.75 Å². The second-order valence-electron chi connectivity index (χ2n) is 5.15. The summed E-state index contributed by atoms with van der Waals surface area (Å²) in [6.45, 7) is 0.0678. The molecular weight excluding hydrogens is 300 g/mol. The number of phenols is 2. The monoisotopic (exact) mass is 316 g/mol. The number of methoxy groups -OCH3 is 2. The zero-order valence-electron chi connectivity index (χ0n) is 12.7. The molecule has 3 rings (SSSR count). The summed E-state index contributed by atoms with van der Waals surface area (Å²) in [5.41, 5.74) is 0.777. The lowest BCUT2D eigenvalue weighted by Crippen LogP contribution is -2.26. The number of hydrogen-bond acceptors (Lipinski definition) is 6. The molecule has 0 saturated heterocycles. The van der Waals surface area contributed by atoms with Crippen molar-refractivity contribution in [1.82, 2.24) is 0 Å². The molecule has 120 valence electrons. The Bertz CT molecular complexity index is 768. The Labute approximate surface area is 132 Å². The number of carbonyl (C=O) groups excluding carboxylic acids is 1. The maximum atomic E-state index is 12.7. The highest BCUT2D eigenvalue weighted by molar-refractivity contribution is 6.04. The number of Topliss-reactive ketones (excluding diaryl/α,β-unsaturated/α-hetero) is 1. The van der Waals surface area contributed by atoms with Gasteiger partial charge in [0, 0.05) is 11.6 Å². The van der Waals surface area contributed by atoms with E-state index in [4.69, 9.17) is 14.2 Å². The molecule has 1 aliphatic rings. The Morgan fingerprint density at radius 2 is 1.91 bits per heavy atom. The van der Waals surface area contributed by atoms with Crippen molar-refractivity contribution in [2.45, 2.75) is 5.92 Å². The quantitative estimate of drug-likeness (QED) is 0.905. The van der Waals surface area contributed by atoms with Gasteiger partial charge in [-0.25, -0.2) is 0 Å². The molecule has 0 bridgehead atoms. The van der Waals surface area contributed by atoms with Crippen molar-refractivity contribution in [2.24, 2.45) is 0 Å². The first-order valence-electron chi connectivity index (χ1n) is 7.00. The van der Waals surface area contributed by atoms with E-state index < -0.39 is 5.92 Å². The largest absolute Gasteiger partial charge is 0.508 e. The molecule has 0 radical (unpaired) electrons. The van der Waals surface area contributed by atoms with Crippen molar-refractivity contribution < 1.29 is 29.2 Å². The van der Waals surface area contributed by atoms with Gasteiger partial charge in [-0.05, 0) is 18.2 Å². The van der Waals surface area contributed by atoms with E-state index >= 15 is 0 Å². The molecule has 1 heterocycles. The maximum Gasteiger partial charge on any atom is 0.203 e. The minimum Gasteiger partial charge on any atom is -0.508 e. The Morgan fingerprint density at radius 1 is 1.13 bits per heavy atom. The van der Waals surface area contributed by atoms with Crippen LogP contribution in [0.25, 0.3) is 0 Å². The van der Waals surface area contributed by atoms with Gasteiger partial charge >= 0.3 is 0 Å². The van der Waals surface area contributed by atoms with Gasteiger partial charge in [-0.3, -0.25) is 4.79 Å². The molecule has 1 aliphatic heterocycles. The number of carbonyl (C=O) groups is 1. The molecule has 0 aliphatic carbocycles. The lowest BCUT2D eigenvalue weighted by Gasteiger charge is -2.25. The van der Waals surface area contributed by atoms with Gasteiger partial charge in [0.25, 0.3) is 0 Å². The lowest BCUT2D eigenvalue weighted by atomic mass is 9.88. The van der Waals surface area contributed by atoms with Crippen LogP contribution in [0, 0.1) is 0 Å². The second kappa shape index (κ2) is 5.72. The highest BCUT2D eigenvalue weighted by Crippen LogP contribution is 2.44. The number of aromatic hydroxyl groups is 2. The molecule has 2 aromatic rings. The summed E-state index contributed by atoms with van der Waals surface area (Å²) in [5.74, 6) is -0.0654. The predicted octanol–water partition coefficient (Wildman–Crippen LogP) is 2.47. The van der Waals surface area contributed by atoms with Crippen LogP contribution in [-0.2, 0) is 0 Å². The number of ether oxygens (including phenoxy) is 3. The number of benzene rings is 2. The Morgan fingerprint density at radius 3 is 2.61 bits per heavy atom. The van der Waals surface area contributed by atoms with Crippen molar-refractivity contribution in [3.63, 3.8) is 0 Å². The Hall–Kier alpha value is -2.89. The van der Waals surface area contributed by atoms with Crippen molar-refractivity contribution in [2.75, 3.05) is 20.8 Å². The molecule has 0 aromatic heterocycles. The van der Waals surface area contributed by atoms with Crippen LogP contribution >= 0.6 is 0 Å². The SMILES string of the molecule is COc1ccc([C@@H]2COc3cc(O)ccc3C2=O)c(O)c1OC. The van der Waals surface area contributed by atoms with Crippen LogP contribution in [0.4, 0.5) is 0 Å². The first kappa shape index (κ1) is 15.0. The molecule has 23 heavy (non-hydrogen) atoms. The fraction of sp³-hybridized carbons (Fsp3) is 0.235. The van der Waals surface area contributed by atoms with Crippen LogP contribution in [0.2, 0.25) is 0 Å². The summed E-state index contributed by atoms with van der Waals surface area (Å²) in [6.07, 6.45) is 0. The van der Waals surface area contributed by atoms with Crippen molar-refractivity contribution >= 4 is 5.78 Å². The standard InChI is InChI=1S/C17H16O6/c1-21-13-6-5-10(16(20)17(13)22-2)12-8-23-14-7-9(18)3-4-11(14)15(12)19/h3-7,12,18,20H,8H2,1-2H3/t12-/m0/s1. The third kappa shape index (κ3) is 2.42. The first-order chi connectivity index (χ1) is 11.1. The minimum atomic E-state index is -0.660. The van der Waals surface area contributed by atoms with Crippen LogP contribution < -0.4 is 14.2 Å². The lowest BCUT2D eigenvalue weighted by molar-refractivity contribution is 0.0893. The van der Waals surface area contributed by atoms with E-state index in [-0.39, 0.29) is 29.6 Å². The number of phenolic OH excluding ortho intramolecular Hbond substituents is 2. The van der Waals surface area contributed by atoms with Crippen LogP contribution in [-0.4, -0.2) is 36.8 Å². The topological polar surface area (TPSA) is 85.2 Å². The fourth-order valence-electron chi connectivity index (χ4n) is 2.71. The van der Waals surface area contributed by atoms with E-state index in [1.54, 1.807) is 12.1 Å². The smallest absolute Gasteiger partial charge is 0.203 e. The van der Waals surface area contributed by atoms with E-state index in [2.05, 4.69) is 0 Å². The molecule has 0 amide bonds. The van der Waals surface area contributed by atoms with Crippen LogP contribution in [0.1, 0.15) is 21.8 Å². The number of fused-ring (bicyclic) bond motifs is 1.